The third kappa shape index (κ3) is 3.51. The summed E-state index contributed by atoms with van der Waals surface area (Å²) < 4.78 is 1.79. The van der Waals surface area contributed by atoms with Crippen LogP contribution in [-0.4, -0.2) is 58.0 Å². The quantitative estimate of drug-likeness (QED) is 0.702. The first-order valence-corrected chi connectivity index (χ1v) is 9.71. The maximum Gasteiger partial charge on any atom is 0.226 e. The lowest BCUT2D eigenvalue weighted by atomic mass is 9.84. The molecule has 3 aromatic rings. The van der Waals surface area contributed by atoms with Crippen LogP contribution in [0.2, 0.25) is 0 Å². The molecule has 1 fully saturated rings. The fourth-order valence-electron chi connectivity index (χ4n) is 3.62. The summed E-state index contributed by atoms with van der Waals surface area (Å²) in [4.78, 5) is 16.3. The monoisotopic (exact) mass is 367 g/mol. The van der Waals surface area contributed by atoms with E-state index in [4.69, 9.17) is 0 Å². The van der Waals surface area contributed by atoms with E-state index in [1.807, 2.05) is 4.90 Å². The number of rotatable bonds is 6. The molecular weight excluding hydrogens is 340 g/mol. The van der Waals surface area contributed by atoms with Gasteiger partial charge in [0.2, 0.25) is 5.91 Å². The fraction of sp³-hybridized carbons (Fsp3) is 0.500. The molecule has 1 aromatic carbocycles. The minimum Gasteiger partial charge on any atom is -0.338 e. The molecule has 4 rings (SSSR count). The molecule has 1 N–H and O–H groups in total. The van der Waals surface area contributed by atoms with E-state index in [0.717, 1.165) is 54.5 Å². The molecule has 2 aromatic heterocycles. The highest BCUT2D eigenvalue weighted by Crippen LogP contribution is 2.29. The largest absolute Gasteiger partial charge is 0.338 e. The number of tetrazole rings is 1. The summed E-state index contributed by atoms with van der Waals surface area (Å²) in [5.74, 6) is 0.467. The minimum atomic E-state index is 0.192. The molecule has 142 valence electrons. The van der Waals surface area contributed by atoms with E-state index < -0.39 is 0 Å². The maximum absolute atomic E-state index is 13.0. The summed E-state index contributed by atoms with van der Waals surface area (Å²) in [5, 5.41) is 13.4. The Morgan fingerprint density at radius 1 is 1.30 bits per heavy atom. The molecule has 0 radical (unpaired) electrons. The third-order valence-electron chi connectivity index (χ3n) is 5.51. The van der Waals surface area contributed by atoms with Crippen LogP contribution in [0, 0.1) is 12.8 Å². The number of hydrogen-bond donors (Lipinski definition) is 1. The van der Waals surface area contributed by atoms with E-state index in [-0.39, 0.29) is 11.8 Å². The molecule has 0 atom stereocenters. The lowest BCUT2D eigenvalue weighted by Crippen LogP contribution is -3.06. The SMILES string of the molecule is Cc1ccc2cc(CN(CC[NH+](C)C)C(=O)C3CCC3)c3nnnn3c2c1. The standard InChI is InChI=1S/C20H26N6O/c1-14-7-8-16-12-17(19-21-22-23-26(19)18(16)11-14)13-25(10-9-24(2)3)20(27)15-5-4-6-15/h7-8,11-12,15H,4-6,9-10,13H2,1-3H3/p+1. The number of aromatic nitrogens is 4. The lowest BCUT2D eigenvalue weighted by Gasteiger charge is -2.32. The second-order valence-electron chi connectivity index (χ2n) is 7.99. The van der Waals surface area contributed by atoms with Gasteiger partial charge in [0.15, 0.2) is 5.65 Å². The zero-order valence-electron chi connectivity index (χ0n) is 16.3. The summed E-state index contributed by atoms with van der Waals surface area (Å²) in [6.07, 6.45) is 3.20. The average Bonchev–Trinajstić information content (AvgIpc) is 3.07. The number of carbonyl (C=O) groups is 1. The van der Waals surface area contributed by atoms with Gasteiger partial charge in [-0.05, 0) is 47.9 Å². The Labute approximate surface area is 158 Å². The average molecular weight is 367 g/mol. The second kappa shape index (κ2) is 7.23. The number of likely N-dealkylation sites (N-methyl/N-ethyl adjacent to an activating group) is 1. The van der Waals surface area contributed by atoms with Crippen molar-refractivity contribution in [2.45, 2.75) is 32.7 Å². The number of hydrogen-bond acceptors (Lipinski definition) is 4. The predicted octanol–water partition coefficient (Wildman–Crippen LogP) is 0.859. The number of nitrogens with zero attached hydrogens (tertiary/aromatic N) is 5. The van der Waals surface area contributed by atoms with Crippen LogP contribution in [0.15, 0.2) is 24.3 Å². The third-order valence-corrected chi connectivity index (χ3v) is 5.51. The molecule has 7 heteroatoms. The van der Waals surface area contributed by atoms with Gasteiger partial charge in [0, 0.05) is 23.4 Å². The van der Waals surface area contributed by atoms with Crippen LogP contribution >= 0.6 is 0 Å². The molecule has 0 bridgehead atoms. The summed E-state index contributed by atoms with van der Waals surface area (Å²) in [6, 6.07) is 8.41. The van der Waals surface area contributed by atoms with E-state index in [9.17, 15) is 4.79 Å². The number of benzene rings is 1. The van der Waals surface area contributed by atoms with Crippen molar-refractivity contribution in [3.63, 3.8) is 0 Å². The molecule has 1 aliphatic rings. The molecule has 27 heavy (non-hydrogen) atoms. The smallest absolute Gasteiger partial charge is 0.226 e. The van der Waals surface area contributed by atoms with E-state index in [1.165, 1.54) is 10.5 Å². The summed E-state index contributed by atoms with van der Waals surface area (Å²) in [6.45, 7) is 4.28. The number of pyridine rings is 1. The van der Waals surface area contributed by atoms with Crippen molar-refractivity contribution < 1.29 is 9.69 Å². The molecule has 1 saturated carbocycles. The Kier molecular flexibility index (Phi) is 4.78. The van der Waals surface area contributed by atoms with Crippen molar-refractivity contribution in [2.24, 2.45) is 5.92 Å². The van der Waals surface area contributed by atoms with Crippen LogP contribution in [0.1, 0.15) is 30.4 Å². The van der Waals surface area contributed by atoms with Crippen molar-refractivity contribution in [1.29, 1.82) is 0 Å². The van der Waals surface area contributed by atoms with Gasteiger partial charge in [-0.15, -0.1) is 5.10 Å². The Bertz CT molecular complexity index is 975. The van der Waals surface area contributed by atoms with Crippen LogP contribution in [0.5, 0.6) is 0 Å². The molecule has 0 aliphatic heterocycles. The van der Waals surface area contributed by atoms with Crippen molar-refractivity contribution in [2.75, 3.05) is 27.2 Å². The summed E-state index contributed by atoms with van der Waals surface area (Å²) >= 11 is 0. The number of carbonyl (C=O) groups excluding carboxylic acids is 1. The van der Waals surface area contributed by atoms with Crippen LogP contribution in [0.25, 0.3) is 16.6 Å². The Hall–Kier alpha value is -2.54. The Morgan fingerprint density at radius 2 is 2.11 bits per heavy atom. The molecule has 0 saturated heterocycles. The number of nitrogens with one attached hydrogen (secondary N) is 1. The van der Waals surface area contributed by atoms with Crippen LogP contribution in [0.3, 0.4) is 0 Å². The van der Waals surface area contributed by atoms with Gasteiger partial charge in [-0.2, -0.15) is 4.52 Å². The molecule has 1 aliphatic carbocycles. The first-order valence-electron chi connectivity index (χ1n) is 9.71. The van der Waals surface area contributed by atoms with Crippen molar-refractivity contribution >= 4 is 22.5 Å². The normalized spacial score (nSPS) is 14.8. The maximum atomic E-state index is 13.0. The van der Waals surface area contributed by atoms with Gasteiger partial charge in [-0.25, -0.2) is 0 Å². The van der Waals surface area contributed by atoms with Gasteiger partial charge in [0.25, 0.3) is 0 Å². The second-order valence-corrected chi connectivity index (χ2v) is 7.99. The molecular formula is C20H27N6O+. The topological polar surface area (TPSA) is 67.8 Å². The number of fused-ring (bicyclic) bond motifs is 3. The summed E-state index contributed by atoms with van der Waals surface area (Å²) in [7, 11) is 4.23. The molecule has 0 unspecified atom stereocenters. The van der Waals surface area contributed by atoms with Crippen molar-refractivity contribution in [3.05, 3.63) is 35.4 Å². The van der Waals surface area contributed by atoms with Crippen LogP contribution in [-0.2, 0) is 11.3 Å². The van der Waals surface area contributed by atoms with E-state index >= 15 is 0 Å². The predicted molar refractivity (Wildman–Crippen MR) is 103 cm³/mol. The van der Waals surface area contributed by atoms with E-state index in [0.29, 0.717) is 6.54 Å². The summed E-state index contributed by atoms with van der Waals surface area (Å²) in [5.41, 5.74) is 3.89. The van der Waals surface area contributed by atoms with Gasteiger partial charge >= 0.3 is 0 Å². The lowest BCUT2D eigenvalue weighted by molar-refractivity contribution is -0.857. The van der Waals surface area contributed by atoms with Gasteiger partial charge in [0.05, 0.1) is 32.7 Å². The zero-order chi connectivity index (χ0) is 19.0. The van der Waals surface area contributed by atoms with Gasteiger partial charge in [0.1, 0.15) is 0 Å². The van der Waals surface area contributed by atoms with Crippen LogP contribution < -0.4 is 4.90 Å². The first-order chi connectivity index (χ1) is 13.0. The molecule has 1 amide bonds. The highest BCUT2D eigenvalue weighted by Gasteiger charge is 2.30. The fourth-order valence-corrected chi connectivity index (χ4v) is 3.62. The molecule has 2 heterocycles. The molecule has 0 spiro atoms. The highest BCUT2D eigenvalue weighted by molar-refractivity contribution is 5.84. The van der Waals surface area contributed by atoms with Gasteiger partial charge < -0.3 is 9.80 Å². The van der Waals surface area contributed by atoms with E-state index in [1.54, 1.807) is 4.52 Å². The minimum absolute atomic E-state index is 0.192. The first kappa shape index (κ1) is 17.9. The van der Waals surface area contributed by atoms with Crippen molar-refractivity contribution in [1.82, 2.24) is 24.9 Å². The van der Waals surface area contributed by atoms with Gasteiger partial charge in [-0.1, -0.05) is 18.6 Å². The Morgan fingerprint density at radius 3 is 2.81 bits per heavy atom. The zero-order valence-corrected chi connectivity index (χ0v) is 16.3. The number of aryl methyl sites for hydroxylation is 1. The number of quaternary nitrogens is 1. The van der Waals surface area contributed by atoms with Crippen molar-refractivity contribution in [3.8, 4) is 0 Å². The van der Waals surface area contributed by atoms with E-state index in [2.05, 4.69) is 60.8 Å². The molecule has 7 nitrogen and oxygen atoms in total. The highest BCUT2D eigenvalue weighted by atomic mass is 16.2. The van der Waals surface area contributed by atoms with Gasteiger partial charge in [-0.3, -0.25) is 4.79 Å². The van der Waals surface area contributed by atoms with Crippen LogP contribution in [0.4, 0.5) is 0 Å². The number of amides is 1. The Balaban J connectivity index is 1.70.